The average molecular weight is 469 g/mol. The molecule has 170 valence electrons. The first-order valence-electron chi connectivity index (χ1n) is 10.3. The summed E-state index contributed by atoms with van der Waals surface area (Å²) in [5.74, 6) is -1.53. The van der Waals surface area contributed by atoms with E-state index in [1.54, 1.807) is 6.92 Å². The fourth-order valence-corrected chi connectivity index (χ4v) is 4.35. The summed E-state index contributed by atoms with van der Waals surface area (Å²) in [5.41, 5.74) is 1.80. The van der Waals surface area contributed by atoms with Crippen LogP contribution in [0.5, 0.6) is 0 Å². The van der Waals surface area contributed by atoms with Gasteiger partial charge in [0.05, 0.1) is 12.5 Å². The number of amides is 3. The molecule has 0 radical (unpaired) electrons. The first-order chi connectivity index (χ1) is 15.9. The minimum absolute atomic E-state index is 0.0383. The summed E-state index contributed by atoms with van der Waals surface area (Å²) in [7, 11) is 0. The predicted octanol–water partition coefficient (Wildman–Crippen LogP) is 4.51. The number of nitrogens with one attached hydrogen (secondary N) is 2. The highest BCUT2D eigenvalue weighted by atomic mass is 32.1. The van der Waals surface area contributed by atoms with Crippen LogP contribution < -0.4 is 15.5 Å². The molecule has 0 bridgehead atoms. The van der Waals surface area contributed by atoms with Crippen molar-refractivity contribution in [1.82, 2.24) is 4.98 Å². The Kier molecular flexibility index (Phi) is 6.64. The molecule has 2 heterocycles. The van der Waals surface area contributed by atoms with Crippen molar-refractivity contribution in [2.75, 3.05) is 28.7 Å². The fraction of sp³-hybridized carbons (Fsp3) is 0.217. The van der Waals surface area contributed by atoms with E-state index >= 15 is 0 Å². The highest BCUT2D eigenvalue weighted by Crippen LogP contribution is 2.37. The molecule has 33 heavy (non-hydrogen) atoms. The summed E-state index contributed by atoms with van der Waals surface area (Å²) in [6.45, 7) is 2.09. The number of carbonyl (C=O) groups excluding carboxylic acids is 3. The number of thiazole rings is 1. The number of rotatable bonds is 6. The molecule has 10 heteroatoms. The number of halogens is 1. The Bertz CT molecular complexity index is 1170. The lowest BCUT2D eigenvalue weighted by Crippen LogP contribution is -2.28. The van der Waals surface area contributed by atoms with E-state index in [0.29, 0.717) is 16.4 Å². The maximum absolute atomic E-state index is 13.2. The van der Waals surface area contributed by atoms with Gasteiger partial charge in [0.25, 0.3) is 0 Å². The van der Waals surface area contributed by atoms with Crippen LogP contribution in [0.25, 0.3) is 11.3 Å². The average Bonchev–Trinajstić information content (AvgIpc) is 3.38. The van der Waals surface area contributed by atoms with Gasteiger partial charge in [0.15, 0.2) is 5.13 Å². The zero-order valence-electron chi connectivity index (χ0n) is 17.7. The Labute approximate surface area is 193 Å². The Hall–Kier alpha value is -3.79. The summed E-state index contributed by atoms with van der Waals surface area (Å²) in [4.78, 5) is 43.2. The van der Waals surface area contributed by atoms with Crippen LogP contribution in [0.15, 0.2) is 54.6 Å². The van der Waals surface area contributed by atoms with Gasteiger partial charge in [0.2, 0.25) is 11.8 Å². The smallest absolute Gasteiger partial charge is 0.413 e. The molecule has 0 aliphatic carbocycles. The molecule has 2 aromatic carbocycles. The standard InChI is InChI=1S/C23H21FN4O4S/c1-2-32-23(31)27-22-25-19(14-6-4-3-5-7-14)21(33-22)26-20(30)15-12-18(29)28(13-15)17-10-8-16(24)9-11-17/h3-11,15H,2,12-13H2,1H3,(H,26,30)(H,25,27,31). The lowest BCUT2D eigenvalue weighted by molar-refractivity contribution is -0.122. The first-order valence-corrected chi connectivity index (χ1v) is 11.1. The van der Waals surface area contributed by atoms with Crippen molar-refractivity contribution in [2.24, 2.45) is 5.92 Å². The second kappa shape index (κ2) is 9.78. The van der Waals surface area contributed by atoms with Crippen LogP contribution in [0.1, 0.15) is 13.3 Å². The molecule has 0 spiro atoms. The monoisotopic (exact) mass is 468 g/mol. The third-order valence-corrected chi connectivity index (χ3v) is 5.92. The summed E-state index contributed by atoms with van der Waals surface area (Å²) in [5, 5.41) is 6.15. The highest BCUT2D eigenvalue weighted by molar-refractivity contribution is 7.20. The largest absolute Gasteiger partial charge is 0.450 e. The van der Waals surface area contributed by atoms with E-state index in [4.69, 9.17) is 4.74 Å². The van der Waals surface area contributed by atoms with E-state index in [2.05, 4.69) is 15.6 Å². The van der Waals surface area contributed by atoms with E-state index in [9.17, 15) is 18.8 Å². The van der Waals surface area contributed by atoms with Crippen molar-refractivity contribution >= 4 is 45.1 Å². The normalized spacial score (nSPS) is 15.4. The third-order valence-electron chi connectivity index (χ3n) is 5.03. The molecule has 1 unspecified atom stereocenters. The summed E-state index contributed by atoms with van der Waals surface area (Å²) >= 11 is 1.10. The lowest BCUT2D eigenvalue weighted by atomic mass is 10.1. The minimum atomic E-state index is -0.639. The maximum Gasteiger partial charge on any atom is 0.413 e. The van der Waals surface area contributed by atoms with Crippen molar-refractivity contribution in [3.8, 4) is 11.3 Å². The fourth-order valence-electron chi connectivity index (χ4n) is 3.47. The molecule has 1 fully saturated rings. The van der Waals surface area contributed by atoms with E-state index < -0.39 is 17.8 Å². The van der Waals surface area contributed by atoms with Gasteiger partial charge < -0.3 is 15.0 Å². The molecular formula is C23H21FN4O4S. The van der Waals surface area contributed by atoms with Crippen LogP contribution in [-0.4, -0.2) is 36.0 Å². The lowest BCUT2D eigenvalue weighted by Gasteiger charge is -2.16. The number of aromatic nitrogens is 1. The van der Waals surface area contributed by atoms with Crippen molar-refractivity contribution in [1.29, 1.82) is 0 Å². The molecule has 0 saturated carbocycles. The van der Waals surface area contributed by atoms with Gasteiger partial charge in [-0.2, -0.15) is 0 Å². The van der Waals surface area contributed by atoms with Crippen molar-refractivity contribution in [3.05, 3.63) is 60.4 Å². The highest BCUT2D eigenvalue weighted by Gasteiger charge is 2.35. The molecule has 1 aromatic heterocycles. The molecule has 1 atom stereocenters. The second-order valence-electron chi connectivity index (χ2n) is 7.28. The van der Waals surface area contributed by atoms with Gasteiger partial charge in [-0.15, -0.1) is 0 Å². The number of carbonyl (C=O) groups is 3. The van der Waals surface area contributed by atoms with E-state index in [1.165, 1.54) is 29.2 Å². The van der Waals surface area contributed by atoms with Crippen LogP contribution in [0.2, 0.25) is 0 Å². The van der Waals surface area contributed by atoms with Crippen LogP contribution in [0.4, 0.5) is 25.0 Å². The SMILES string of the molecule is CCOC(=O)Nc1nc(-c2ccccc2)c(NC(=O)C2CC(=O)N(c3ccc(F)cc3)C2)s1. The van der Waals surface area contributed by atoms with E-state index in [0.717, 1.165) is 16.9 Å². The van der Waals surface area contributed by atoms with Crippen LogP contribution >= 0.6 is 11.3 Å². The zero-order valence-corrected chi connectivity index (χ0v) is 18.5. The number of ether oxygens (including phenoxy) is 1. The molecule has 1 aliphatic heterocycles. The summed E-state index contributed by atoms with van der Waals surface area (Å²) in [6, 6.07) is 14.8. The maximum atomic E-state index is 13.2. The third kappa shape index (κ3) is 5.17. The van der Waals surface area contributed by atoms with Crippen LogP contribution in [-0.2, 0) is 14.3 Å². The Balaban J connectivity index is 1.53. The van der Waals surface area contributed by atoms with Crippen molar-refractivity contribution in [2.45, 2.75) is 13.3 Å². The number of hydrogen-bond donors (Lipinski definition) is 2. The number of nitrogens with zero attached hydrogens (tertiary/aromatic N) is 2. The minimum Gasteiger partial charge on any atom is -0.450 e. The molecule has 3 amide bonds. The van der Waals surface area contributed by atoms with Crippen LogP contribution in [0, 0.1) is 11.7 Å². The first kappa shape index (κ1) is 22.4. The second-order valence-corrected chi connectivity index (χ2v) is 8.28. The predicted molar refractivity (Wildman–Crippen MR) is 124 cm³/mol. The Morgan fingerprint density at radius 1 is 1.15 bits per heavy atom. The van der Waals surface area contributed by atoms with E-state index in [-0.39, 0.29) is 36.5 Å². The van der Waals surface area contributed by atoms with Gasteiger partial charge >= 0.3 is 6.09 Å². The van der Waals surface area contributed by atoms with Gasteiger partial charge in [-0.1, -0.05) is 41.7 Å². The molecule has 1 saturated heterocycles. The van der Waals surface area contributed by atoms with Gasteiger partial charge in [-0.3, -0.25) is 14.9 Å². The molecule has 4 rings (SSSR count). The van der Waals surface area contributed by atoms with Gasteiger partial charge in [-0.05, 0) is 31.2 Å². The molecule has 3 aromatic rings. The van der Waals surface area contributed by atoms with Crippen molar-refractivity contribution in [3.63, 3.8) is 0 Å². The number of anilines is 3. The molecule has 1 aliphatic rings. The number of benzene rings is 2. The van der Waals surface area contributed by atoms with Gasteiger partial charge in [0, 0.05) is 24.2 Å². The molecular weight excluding hydrogens is 447 g/mol. The van der Waals surface area contributed by atoms with Gasteiger partial charge in [-0.25, -0.2) is 14.2 Å². The van der Waals surface area contributed by atoms with Gasteiger partial charge in [0.1, 0.15) is 16.5 Å². The Morgan fingerprint density at radius 2 is 1.88 bits per heavy atom. The zero-order chi connectivity index (χ0) is 23.4. The quantitative estimate of drug-likeness (QED) is 0.554. The number of hydrogen-bond acceptors (Lipinski definition) is 6. The molecule has 8 nitrogen and oxygen atoms in total. The Morgan fingerprint density at radius 3 is 2.58 bits per heavy atom. The van der Waals surface area contributed by atoms with E-state index in [1.807, 2.05) is 30.3 Å². The van der Waals surface area contributed by atoms with Crippen LogP contribution in [0.3, 0.4) is 0 Å². The summed E-state index contributed by atoms with van der Waals surface area (Å²) in [6.07, 6.45) is -0.601. The van der Waals surface area contributed by atoms with Crippen molar-refractivity contribution < 1.29 is 23.5 Å². The summed E-state index contributed by atoms with van der Waals surface area (Å²) < 4.78 is 18.1. The topological polar surface area (TPSA) is 101 Å². The molecule has 2 N–H and O–H groups in total.